The molecule has 8 heteroatoms. The first-order valence-corrected chi connectivity index (χ1v) is 13.4. The number of thiol groups is 1. The predicted octanol–water partition coefficient (Wildman–Crippen LogP) is 3.75. The molecule has 1 aliphatic heterocycles. The predicted molar refractivity (Wildman–Crippen MR) is 133 cm³/mol. The lowest BCUT2D eigenvalue weighted by molar-refractivity contribution is -0.182. The Bertz CT molecular complexity index is 828. The largest absolute Gasteiger partial charge is 0.445 e. The van der Waals surface area contributed by atoms with Crippen molar-refractivity contribution in [2.75, 3.05) is 20.2 Å². The monoisotopic (exact) mass is 494 g/mol. The van der Waals surface area contributed by atoms with Crippen LogP contribution >= 0.6 is 12.6 Å². The number of amides is 2. The summed E-state index contributed by atoms with van der Waals surface area (Å²) in [4.78, 5) is 39.5. The minimum atomic E-state index is -0.926. The van der Waals surface area contributed by atoms with E-state index in [-0.39, 0.29) is 46.9 Å². The molecule has 8 atom stereocenters. The fraction of sp³-hybridized carbons (Fsp3) is 0.885. The number of Topliss-reactive ketones (excluding diaryl/α,β-unsaturated/α-hetero) is 1. The number of ether oxygens (including phenoxy) is 2. The molecule has 7 nitrogen and oxygen atoms in total. The second-order valence-electron chi connectivity index (χ2n) is 11.8. The molecule has 2 amide bonds. The summed E-state index contributed by atoms with van der Waals surface area (Å²) >= 11 is 4.84. The van der Waals surface area contributed by atoms with Crippen LogP contribution in [0.3, 0.4) is 0 Å². The molecule has 2 unspecified atom stereocenters. The zero-order chi connectivity index (χ0) is 24.9. The van der Waals surface area contributed by atoms with Gasteiger partial charge in [-0.1, -0.05) is 20.8 Å². The minimum Gasteiger partial charge on any atom is -0.445 e. The molecule has 4 aliphatic rings. The zero-order valence-corrected chi connectivity index (χ0v) is 22.2. The molecular formula is C26H42N2O5S. The smallest absolute Gasteiger partial charge is 0.414 e. The third kappa shape index (κ3) is 4.11. The van der Waals surface area contributed by atoms with Gasteiger partial charge in [-0.3, -0.25) is 14.9 Å². The van der Waals surface area contributed by atoms with Crippen molar-refractivity contribution in [1.82, 2.24) is 10.6 Å². The van der Waals surface area contributed by atoms with Crippen LogP contribution in [0.15, 0.2) is 0 Å². The molecule has 34 heavy (non-hydrogen) atoms. The van der Waals surface area contributed by atoms with E-state index < -0.39 is 22.4 Å². The average Bonchev–Trinajstić information content (AvgIpc) is 3.21. The van der Waals surface area contributed by atoms with Crippen molar-refractivity contribution in [1.29, 1.82) is 0 Å². The first-order valence-electron chi connectivity index (χ1n) is 13.0. The number of carbonyl (C=O) groups is 3. The number of hydrogen-bond donors (Lipinski definition) is 3. The van der Waals surface area contributed by atoms with E-state index in [9.17, 15) is 14.4 Å². The molecule has 1 saturated heterocycles. The lowest BCUT2D eigenvalue weighted by atomic mass is 9.45. The van der Waals surface area contributed by atoms with E-state index in [1.165, 1.54) is 0 Å². The summed E-state index contributed by atoms with van der Waals surface area (Å²) in [5.41, 5.74) is -0.587. The van der Waals surface area contributed by atoms with Gasteiger partial charge in [0.05, 0.1) is 10.9 Å². The van der Waals surface area contributed by atoms with E-state index in [1.54, 1.807) is 7.11 Å². The van der Waals surface area contributed by atoms with Crippen LogP contribution in [-0.2, 0) is 19.1 Å². The Balaban J connectivity index is 1.67. The van der Waals surface area contributed by atoms with E-state index in [2.05, 4.69) is 31.4 Å². The molecule has 0 radical (unpaired) electrons. The quantitative estimate of drug-likeness (QED) is 0.518. The van der Waals surface area contributed by atoms with Crippen LogP contribution in [0.5, 0.6) is 0 Å². The summed E-state index contributed by atoms with van der Waals surface area (Å²) < 4.78 is 11.2. The first kappa shape index (κ1) is 26.0. The van der Waals surface area contributed by atoms with Crippen molar-refractivity contribution in [3.05, 3.63) is 0 Å². The van der Waals surface area contributed by atoms with Crippen molar-refractivity contribution in [2.24, 2.45) is 34.5 Å². The number of nitrogens with one attached hydrogen (secondary N) is 2. The molecule has 1 heterocycles. The van der Waals surface area contributed by atoms with E-state index in [0.717, 1.165) is 38.8 Å². The molecule has 0 aromatic rings. The zero-order valence-electron chi connectivity index (χ0n) is 21.3. The maximum absolute atomic E-state index is 13.7. The number of methoxy groups -OCH3 is 1. The van der Waals surface area contributed by atoms with Gasteiger partial charge in [0.25, 0.3) is 0 Å². The van der Waals surface area contributed by atoms with Gasteiger partial charge in [-0.05, 0) is 69.9 Å². The Hall–Kier alpha value is -1.12. The third-order valence-corrected chi connectivity index (χ3v) is 10.6. The molecule has 0 aromatic heterocycles. The van der Waals surface area contributed by atoms with E-state index in [1.807, 2.05) is 6.92 Å². The molecule has 3 aliphatic carbocycles. The fourth-order valence-corrected chi connectivity index (χ4v) is 8.36. The fourth-order valence-electron chi connectivity index (χ4n) is 8.00. The van der Waals surface area contributed by atoms with Gasteiger partial charge in [-0.25, -0.2) is 4.79 Å². The SMILES string of the molecule is CO[C@@H]1CCC23CC[C@@H](C)[C@](C)(C12)[C@H](OC(=O)NC(=O)C1CCNCC1)C[C@@](C)(S)C(=O)[C@@H]3C. The van der Waals surface area contributed by atoms with Gasteiger partial charge in [0.2, 0.25) is 5.91 Å². The van der Waals surface area contributed by atoms with Crippen molar-refractivity contribution in [2.45, 2.75) is 89.6 Å². The molecule has 3 saturated carbocycles. The Kier molecular flexibility index (Phi) is 7.17. The molecule has 0 aromatic carbocycles. The molecule has 4 fully saturated rings. The van der Waals surface area contributed by atoms with Gasteiger partial charge in [0.1, 0.15) is 6.10 Å². The standard InChI is InChI=1S/C26H42N2O5S/c1-15-6-10-26-11-7-18(32-5)20(26)25(15,4)19(14-24(3,34)21(29)16(26)2)33-23(31)28-22(30)17-8-12-27-13-9-17/h15-20,27,34H,6-14H2,1-5H3,(H,28,30,31)/t15-,16+,18-,19-,20?,24-,25+,26?/m1/s1. The van der Waals surface area contributed by atoms with Crippen LogP contribution < -0.4 is 10.6 Å². The van der Waals surface area contributed by atoms with Gasteiger partial charge < -0.3 is 14.8 Å². The minimum absolute atomic E-state index is 0.0119. The van der Waals surface area contributed by atoms with Gasteiger partial charge in [0, 0.05) is 36.7 Å². The number of carbonyl (C=O) groups excluding carboxylic acids is 3. The number of hydrogen-bond acceptors (Lipinski definition) is 7. The molecule has 0 spiro atoms. The van der Waals surface area contributed by atoms with Crippen molar-refractivity contribution in [3.8, 4) is 0 Å². The third-order valence-electron chi connectivity index (χ3n) is 10.2. The van der Waals surface area contributed by atoms with Crippen LogP contribution in [0.1, 0.15) is 72.6 Å². The summed E-state index contributed by atoms with van der Waals surface area (Å²) in [7, 11) is 1.75. The second kappa shape index (κ2) is 9.40. The highest BCUT2D eigenvalue weighted by Gasteiger charge is 2.68. The molecular weight excluding hydrogens is 452 g/mol. The van der Waals surface area contributed by atoms with Crippen LogP contribution in [0, 0.1) is 34.5 Å². The topological polar surface area (TPSA) is 93.7 Å². The van der Waals surface area contributed by atoms with Crippen LogP contribution in [0.4, 0.5) is 4.79 Å². The summed E-state index contributed by atoms with van der Waals surface area (Å²) in [5.74, 6) is -0.119. The Morgan fingerprint density at radius 2 is 1.74 bits per heavy atom. The molecule has 2 bridgehead atoms. The van der Waals surface area contributed by atoms with E-state index in [4.69, 9.17) is 22.1 Å². The van der Waals surface area contributed by atoms with E-state index in [0.29, 0.717) is 19.3 Å². The van der Waals surface area contributed by atoms with Crippen molar-refractivity contribution >= 4 is 30.4 Å². The maximum Gasteiger partial charge on any atom is 0.414 e. The Labute approximate surface area is 209 Å². The lowest BCUT2D eigenvalue weighted by Crippen LogP contribution is -2.63. The van der Waals surface area contributed by atoms with Crippen LogP contribution in [0.2, 0.25) is 0 Å². The first-order chi connectivity index (χ1) is 16.0. The van der Waals surface area contributed by atoms with Crippen LogP contribution in [-0.4, -0.2) is 54.9 Å². The maximum atomic E-state index is 13.7. The van der Waals surface area contributed by atoms with Gasteiger partial charge in [-0.2, -0.15) is 12.6 Å². The van der Waals surface area contributed by atoms with Crippen molar-refractivity contribution < 1.29 is 23.9 Å². The summed E-state index contributed by atoms with van der Waals surface area (Å²) in [6.07, 6.45) is 4.25. The van der Waals surface area contributed by atoms with Gasteiger partial charge >= 0.3 is 6.09 Å². The summed E-state index contributed by atoms with van der Waals surface area (Å²) in [5, 5.41) is 5.73. The summed E-state index contributed by atoms with van der Waals surface area (Å²) in [6.45, 7) is 9.91. The Morgan fingerprint density at radius 1 is 1.09 bits per heavy atom. The molecule has 2 N–H and O–H groups in total. The van der Waals surface area contributed by atoms with Gasteiger partial charge in [0.15, 0.2) is 5.78 Å². The highest BCUT2D eigenvalue weighted by atomic mass is 32.1. The normalized spacial score (nSPS) is 45.1. The highest BCUT2D eigenvalue weighted by molar-refractivity contribution is 7.82. The molecule has 192 valence electrons. The average molecular weight is 495 g/mol. The lowest BCUT2D eigenvalue weighted by Gasteiger charge is -2.61. The van der Waals surface area contributed by atoms with Crippen molar-refractivity contribution in [3.63, 3.8) is 0 Å². The van der Waals surface area contributed by atoms with Crippen LogP contribution in [0.25, 0.3) is 0 Å². The number of piperidine rings is 1. The highest BCUT2D eigenvalue weighted by Crippen LogP contribution is 2.68. The summed E-state index contributed by atoms with van der Waals surface area (Å²) in [6, 6.07) is 0. The Morgan fingerprint density at radius 3 is 2.38 bits per heavy atom. The number of alkyl carbamates (subject to hydrolysis) is 1. The van der Waals surface area contributed by atoms with E-state index >= 15 is 0 Å². The molecule has 4 rings (SSSR count). The number of rotatable bonds is 3. The number of imide groups is 1. The number of ketones is 1. The second-order valence-corrected chi connectivity index (χ2v) is 12.8. The van der Waals surface area contributed by atoms with Gasteiger partial charge in [-0.15, -0.1) is 0 Å².